The largest absolute Gasteiger partial charge is 0.387 e. The van der Waals surface area contributed by atoms with Crippen molar-refractivity contribution in [2.24, 2.45) is 0 Å². The third-order valence-electron chi connectivity index (χ3n) is 2.99. The summed E-state index contributed by atoms with van der Waals surface area (Å²) in [6, 6.07) is 8.08. The quantitative estimate of drug-likeness (QED) is 0.732. The highest BCUT2D eigenvalue weighted by molar-refractivity contribution is 5.23. The summed E-state index contributed by atoms with van der Waals surface area (Å²) >= 11 is 0. The van der Waals surface area contributed by atoms with Crippen molar-refractivity contribution in [3.8, 4) is 0 Å². The van der Waals surface area contributed by atoms with Gasteiger partial charge in [-0.05, 0) is 25.5 Å². The van der Waals surface area contributed by atoms with E-state index < -0.39 is 6.10 Å². The Bertz CT molecular complexity index is 331. The fourth-order valence-electron chi connectivity index (χ4n) is 1.79. The molecule has 17 heavy (non-hydrogen) atoms. The molecule has 94 valence electrons. The minimum absolute atomic E-state index is 0.402. The fraction of sp³-hybridized carbons (Fsp3) is 0.467. The van der Waals surface area contributed by atoms with E-state index in [1.165, 1.54) is 5.56 Å². The Morgan fingerprint density at radius 3 is 2.53 bits per heavy atom. The lowest BCUT2D eigenvalue weighted by Crippen LogP contribution is -2.29. The van der Waals surface area contributed by atoms with E-state index in [-0.39, 0.29) is 0 Å². The summed E-state index contributed by atoms with van der Waals surface area (Å²) < 4.78 is 0. The highest BCUT2D eigenvalue weighted by atomic mass is 16.3. The molecular formula is C15H23NO. The molecule has 0 bridgehead atoms. The molecule has 0 radical (unpaired) electrons. The monoisotopic (exact) mass is 233 g/mol. The van der Waals surface area contributed by atoms with E-state index in [1.54, 1.807) is 0 Å². The molecule has 2 nitrogen and oxygen atoms in total. The van der Waals surface area contributed by atoms with Crippen molar-refractivity contribution in [1.29, 1.82) is 0 Å². The van der Waals surface area contributed by atoms with Gasteiger partial charge in [0.05, 0.1) is 6.10 Å². The van der Waals surface area contributed by atoms with Gasteiger partial charge < -0.3 is 10.0 Å². The number of benzene rings is 1. The van der Waals surface area contributed by atoms with Gasteiger partial charge in [-0.15, -0.1) is 6.58 Å². The molecule has 0 aliphatic rings. The highest BCUT2D eigenvalue weighted by Gasteiger charge is 2.11. The smallest absolute Gasteiger partial charge is 0.0916 e. The first kappa shape index (κ1) is 13.9. The lowest BCUT2D eigenvalue weighted by atomic mass is 10.1. The molecule has 0 aromatic heterocycles. The van der Waals surface area contributed by atoms with Crippen LogP contribution in [-0.4, -0.2) is 29.6 Å². The predicted molar refractivity (Wildman–Crippen MR) is 73.1 cm³/mol. The van der Waals surface area contributed by atoms with Crippen LogP contribution in [0.5, 0.6) is 0 Å². The third-order valence-corrected chi connectivity index (χ3v) is 2.99. The van der Waals surface area contributed by atoms with Gasteiger partial charge in [0.1, 0.15) is 0 Å². The molecule has 1 N–H and O–H groups in total. The number of likely N-dealkylation sites (N-methyl/N-ethyl adjacent to an activating group) is 1. The minimum Gasteiger partial charge on any atom is -0.387 e. The first-order valence-corrected chi connectivity index (χ1v) is 6.25. The van der Waals surface area contributed by atoms with Crippen molar-refractivity contribution in [2.45, 2.75) is 26.4 Å². The van der Waals surface area contributed by atoms with Gasteiger partial charge in [-0.1, -0.05) is 42.8 Å². The minimum atomic E-state index is -0.402. The van der Waals surface area contributed by atoms with Crippen LogP contribution < -0.4 is 0 Å². The molecule has 0 aliphatic heterocycles. The average molecular weight is 233 g/mol. The third kappa shape index (κ3) is 4.72. The summed E-state index contributed by atoms with van der Waals surface area (Å²) in [6.45, 7) is 10.5. The van der Waals surface area contributed by atoms with Crippen LogP contribution in [-0.2, 0) is 0 Å². The maximum atomic E-state index is 10.1. The van der Waals surface area contributed by atoms with Crippen LogP contribution in [0.1, 0.15) is 30.6 Å². The Hall–Kier alpha value is -1.12. The van der Waals surface area contributed by atoms with Gasteiger partial charge in [0, 0.05) is 13.1 Å². The van der Waals surface area contributed by atoms with Gasteiger partial charge in [-0.3, -0.25) is 0 Å². The maximum absolute atomic E-state index is 10.1. The molecule has 1 aromatic carbocycles. The number of hydrogen-bond acceptors (Lipinski definition) is 2. The normalized spacial score (nSPS) is 12.7. The van der Waals surface area contributed by atoms with Crippen LogP contribution in [0.25, 0.3) is 0 Å². The Labute approximate surface area is 105 Å². The predicted octanol–water partition coefficient (Wildman–Crippen LogP) is 2.93. The van der Waals surface area contributed by atoms with Crippen molar-refractivity contribution in [1.82, 2.24) is 4.90 Å². The van der Waals surface area contributed by atoms with E-state index in [0.717, 1.165) is 25.1 Å². The second kappa shape index (κ2) is 7.25. The van der Waals surface area contributed by atoms with Crippen molar-refractivity contribution in [3.05, 3.63) is 48.0 Å². The molecule has 2 heteroatoms. The fourth-order valence-corrected chi connectivity index (χ4v) is 1.79. The van der Waals surface area contributed by atoms with Crippen molar-refractivity contribution in [2.75, 3.05) is 19.6 Å². The van der Waals surface area contributed by atoms with Gasteiger partial charge in [0.2, 0.25) is 0 Å². The first-order chi connectivity index (χ1) is 8.17. The second-order valence-electron chi connectivity index (χ2n) is 4.40. The summed E-state index contributed by atoms with van der Waals surface area (Å²) in [6.07, 6.45) is 2.48. The molecule has 0 fully saturated rings. The zero-order valence-corrected chi connectivity index (χ0v) is 10.9. The Morgan fingerprint density at radius 2 is 2.00 bits per heavy atom. The number of rotatable bonds is 7. The van der Waals surface area contributed by atoms with Gasteiger partial charge in [0.25, 0.3) is 0 Å². The molecule has 1 atom stereocenters. The summed E-state index contributed by atoms with van der Waals surface area (Å²) in [4.78, 5) is 2.24. The number of hydrogen-bond donors (Lipinski definition) is 1. The van der Waals surface area contributed by atoms with Crippen LogP contribution in [0.3, 0.4) is 0 Å². The molecule has 0 heterocycles. The van der Waals surface area contributed by atoms with E-state index >= 15 is 0 Å². The summed E-state index contributed by atoms with van der Waals surface area (Å²) in [5.41, 5.74) is 2.22. The van der Waals surface area contributed by atoms with E-state index in [2.05, 4.69) is 25.3 Å². The second-order valence-corrected chi connectivity index (χ2v) is 4.40. The zero-order valence-electron chi connectivity index (χ0n) is 10.9. The number of aliphatic hydroxyl groups is 1. The van der Waals surface area contributed by atoms with Crippen LogP contribution in [0.15, 0.2) is 36.9 Å². The SMILES string of the molecule is C=CCCN(CC)CC(O)c1ccc(C)cc1. The molecule has 0 aliphatic carbocycles. The van der Waals surface area contributed by atoms with E-state index in [1.807, 2.05) is 30.3 Å². The van der Waals surface area contributed by atoms with Gasteiger partial charge >= 0.3 is 0 Å². The van der Waals surface area contributed by atoms with Crippen LogP contribution in [0.4, 0.5) is 0 Å². The summed E-state index contributed by atoms with van der Waals surface area (Å²) in [5, 5.41) is 10.1. The standard InChI is InChI=1S/C15H23NO/c1-4-6-11-16(5-2)12-15(17)14-9-7-13(3)8-10-14/h4,7-10,15,17H,1,5-6,11-12H2,2-3H3. The lowest BCUT2D eigenvalue weighted by Gasteiger charge is -2.23. The topological polar surface area (TPSA) is 23.5 Å². The average Bonchev–Trinajstić information content (AvgIpc) is 2.35. The molecule has 0 saturated carbocycles. The molecule has 0 amide bonds. The lowest BCUT2D eigenvalue weighted by molar-refractivity contribution is 0.117. The molecule has 1 unspecified atom stereocenters. The number of aliphatic hydroxyl groups excluding tert-OH is 1. The van der Waals surface area contributed by atoms with Crippen LogP contribution in [0.2, 0.25) is 0 Å². The van der Waals surface area contributed by atoms with E-state index in [0.29, 0.717) is 6.54 Å². The van der Waals surface area contributed by atoms with Gasteiger partial charge in [-0.25, -0.2) is 0 Å². The van der Waals surface area contributed by atoms with Crippen molar-refractivity contribution >= 4 is 0 Å². The summed E-state index contributed by atoms with van der Waals surface area (Å²) in [5.74, 6) is 0. The Kier molecular flexibility index (Phi) is 5.95. The van der Waals surface area contributed by atoms with Gasteiger partial charge in [0.15, 0.2) is 0 Å². The molecule has 1 rings (SSSR count). The van der Waals surface area contributed by atoms with Crippen LogP contribution in [0, 0.1) is 6.92 Å². The summed E-state index contributed by atoms with van der Waals surface area (Å²) in [7, 11) is 0. The Balaban J connectivity index is 2.54. The molecule has 0 saturated heterocycles. The Morgan fingerprint density at radius 1 is 1.35 bits per heavy atom. The number of nitrogens with zero attached hydrogens (tertiary/aromatic N) is 1. The molecular weight excluding hydrogens is 210 g/mol. The maximum Gasteiger partial charge on any atom is 0.0916 e. The molecule has 1 aromatic rings. The van der Waals surface area contributed by atoms with E-state index in [4.69, 9.17) is 0 Å². The van der Waals surface area contributed by atoms with E-state index in [9.17, 15) is 5.11 Å². The van der Waals surface area contributed by atoms with Gasteiger partial charge in [-0.2, -0.15) is 0 Å². The van der Waals surface area contributed by atoms with Crippen molar-refractivity contribution in [3.63, 3.8) is 0 Å². The highest BCUT2D eigenvalue weighted by Crippen LogP contribution is 2.15. The number of aryl methyl sites for hydroxylation is 1. The van der Waals surface area contributed by atoms with Crippen LogP contribution >= 0.6 is 0 Å². The van der Waals surface area contributed by atoms with Crippen molar-refractivity contribution < 1.29 is 5.11 Å². The zero-order chi connectivity index (χ0) is 12.7. The first-order valence-electron chi connectivity index (χ1n) is 6.25. The molecule has 0 spiro atoms.